The van der Waals surface area contributed by atoms with E-state index in [0.29, 0.717) is 22.6 Å². The highest BCUT2D eigenvalue weighted by Crippen LogP contribution is 2.31. The van der Waals surface area contributed by atoms with E-state index in [4.69, 9.17) is 0 Å². The molecule has 0 unspecified atom stereocenters. The molecule has 0 saturated heterocycles. The number of hydrogen-bond donors (Lipinski definition) is 2. The van der Waals surface area contributed by atoms with Crippen LogP contribution in [0.25, 0.3) is 0 Å². The molecule has 2 N–H and O–H groups in total. The van der Waals surface area contributed by atoms with Gasteiger partial charge in [-0.1, -0.05) is 15.9 Å². The monoisotopic (exact) mass is 350 g/mol. The van der Waals surface area contributed by atoms with Gasteiger partial charge in [0.15, 0.2) is 0 Å². The van der Waals surface area contributed by atoms with E-state index in [1.807, 2.05) is 0 Å². The van der Waals surface area contributed by atoms with Gasteiger partial charge in [-0.2, -0.15) is 13.2 Å². The van der Waals surface area contributed by atoms with E-state index >= 15 is 0 Å². The average Bonchev–Trinajstić information content (AvgIpc) is 3.18. The van der Waals surface area contributed by atoms with E-state index in [1.54, 1.807) is 0 Å². The van der Waals surface area contributed by atoms with Crippen molar-refractivity contribution in [1.29, 1.82) is 0 Å². The Morgan fingerprint density at radius 1 is 1.20 bits per heavy atom. The van der Waals surface area contributed by atoms with Crippen LogP contribution in [0.2, 0.25) is 0 Å². The molecule has 0 amide bonds. The molecule has 1 aliphatic rings. The molecule has 2 rings (SSSR count). The van der Waals surface area contributed by atoms with Crippen LogP contribution in [0.5, 0.6) is 0 Å². The van der Waals surface area contributed by atoms with Gasteiger partial charge in [0, 0.05) is 17.1 Å². The second kappa shape index (κ2) is 6.91. The molecule has 0 bridgehead atoms. The molecule has 0 spiro atoms. The molecule has 1 aliphatic carbocycles. The van der Waals surface area contributed by atoms with Gasteiger partial charge in [-0.15, -0.1) is 0 Å². The van der Waals surface area contributed by atoms with Crippen molar-refractivity contribution < 1.29 is 13.2 Å². The first-order valence-electron chi connectivity index (χ1n) is 6.76. The first kappa shape index (κ1) is 15.8. The van der Waals surface area contributed by atoms with Gasteiger partial charge in [-0.05, 0) is 56.1 Å². The Hall–Kier alpha value is -0.590. The molecule has 0 heterocycles. The summed E-state index contributed by atoms with van der Waals surface area (Å²) >= 11 is 3.29. The van der Waals surface area contributed by atoms with Crippen molar-refractivity contribution in [3.63, 3.8) is 0 Å². The number of hydrogen-bond acceptors (Lipinski definition) is 2. The summed E-state index contributed by atoms with van der Waals surface area (Å²) in [4.78, 5) is 0. The summed E-state index contributed by atoms with van der Waals surface area (Å²) < 4.78 is 38.6. The van der Waals surface area contributed by atoms with Crippen LogP contribution < -0.4 is 10.6 Å². The Bertz CT molecular complexity index is 445. The van der Waals surface area contributed by atoms with E-state index in [9.17, 15) is 13.2 Å². The maximum absolute atomic E-state index is 12.6. The molecule has 112 valence electrons. The highest BCUT2D eigenvalue weighted by molar-refractivity contribution is 9.10. The van der Waals surface area contributed by atoms with Gasteiger partial charge in [0.1, 0.15) is 0 Å². The number of nitrogens with one attached hydrogen (secondary N) is 2. The first-order chi connectivity index (χ1) is 9.47. The van der Waals surface area contributed by atoms with Crippen LogP contribution in [0, 0.1) is 0 Å². The average molecular weight is 351 g/mol. The van der Waals surface area contributed by atoms with Crippen LogP contribution in [0.3, 0.4) is 0 Å². The number of rotatable bonds is 7. The second-order valence-corrected chi connectivity index (χ2v) is 5.92. The minimum atomic E-state index is -4.29. The quantitative estimate of drug-likeness (QED) is 0.732. The van der Waals surface area contributed by atoms with Crippen molar-refractivity contribution in [1.82, 2.24) is 10.6 Å². The highest BCUT2D eigenvalue weighted by atomic mass is 79.9. The summed E-state index contributed by atoms with van der Waals surface area (Å²) in [6.45, 7) is 2.19. The number of benzene rings is 1. The normalized spacial score (nSPS) is 15.6. The lowest BCUT2D eigenvalue weighted by molar-refractivity contribution is -0.137. The fraction of sp³-hybridized carbons (Fsp3) is 0.571. The van der Waals surface area contributed by atoms with E-state index in [0.717, 1.165) is 25.6 Å². The highest BCUT2D eigenvalue weighted by Gasteiger charge is 2.30. The van der Waals surface area contributed by atoms with Crippen molar-refractivity contribution in [3.8, 4) is 0 Å². The smallest absolute Gasteiger partial charge is 0.314 e. The fourth-order valence-corrected chi connectivity index (χ4v) is 2.30. The zero-order chi connectivity index (χ0) is 14.6. The topological polar surface area (TPSA) is 24.1 Å². The third-order valence-corrected chi connectivity index (χ3v) is 4.00. The Labute approximate surface area is 125 Å². The second-order valence-electron chi connectivity index (χ2n) is 5.06. The summed E-state index contributed by atoms with van der Waals surface area (Å²) in [5.41, 5.74) is 0.0304. The summed E-state index contributed by atoms with van der Waals surface area (Å²) in [5.74, 6) is 0. The molecule has 2 nitrogen and oxygen atoms in total. The molecule has 0 aromatic heterocycles. The van der Waals surface area contributed by atoms with Gasteiger partial charge in [-0.25, -0.2) is 0 Å². The van der Waals surface area contributed by atoms with Gasteiger partial charge in [-0.3, -0.25) is 0 Å². The molecular formula is C14H18BrF3N2. The maximum Gasteiger partial charge on any atom is 0.416 e. The van der Waals surface area contributed by atoms with E-state index in [-0.39, 0.29) is 0 Å². The lowest BCUT2D eigenvalue weighted by Gasteiger charge is -2.11. The Morgan fingerprint density at radius 3 is 2.60 bits per heavy atom. The van der Waals surface area contributed by atoms with Crippen molar-refractivity contribution in [2.24, 2.45) is 0 Å². The molecular weight excluding hydrogens is 333 g/mol. The standard InChI is InChI=1S/C14H18BrF3N2/c15-13-5-2-11(14(16,17)18)8-10(13)9-19-6-1-7-20-12-3-4-12/h2,5,8,12,19-20H,1,3-4,6-7,9H2. The Kier molecular flexibility index (Phi) is 5.46. The van der Waals surface area contributed by atoms with Crippen molar-refractivity contribution in [2.45, 2.75) is 38.0 Å². The first-order valence-corrected chi connectivity index (χ1v) is 7.56. The van der Waals surface area contributed by atoms with Crippen LogP contribution in [-0.4, -0.2) is 19.1 Å². The number of halogens is 4. The Balaban J connectivity index is 1.76. The van der Waals surface area contributed by atoms with Crippen molar-refractivity contribution >= 4 is 15.9 Å². The Morgan fingerprint density at radius 2 is 1.95 bits per heavy atom. The summed E-state index contributed by atoms with van der Waals surface area (Å²) in [7, 11) is 0. The van der Waals surface area contributed by atoms with Crippen LogP contribution in [0.1, 0.15) is 30.4 Å². The van der Waals surface area contributed by atoms with E-state index in [1.165, 1.54) is 25.0 Å². The maximum atomic E-state index is 12.6. The molecule has 1 aromatic rings. The number of alkyl halides is 3. The lowest BCUT2D eigenvalue weighted by Crippen LogP contribution is -2.23. The summed E-state index contributed by atoms with van der Waals surface area (Å²) in [6, 6.07) is 4.44. The molecule has 1 aromatic carbocycles. The molecule has 1 saturated carbocycles. The predicted octanol–water partition coefficient (Wildman–Crippen LogP) is 3.70. The zero-order valence-corrected chi connectivity index (χ0v) is 12.6. The van der Waals surface area contributed by atoms with Crippen LogP contribution in [-0.2, 0) is 12.7 Å². The van der Waals surface area contributed by atoms with Gasteiger partial charge in [0.2, 0.25) is 0 Å². The van der Waals surface area contributed by atoms with E-state index < -0.39 is 11.7 Å². The van der Waals surface area contributed by atoms with Crippen LogP contribution in [0.4, 0.5) is 13.2 Å². The van der Waals surface area contributed by atoms with Gasteiger partial charge in [0.05, 0.1) is 5.56 Å². The molecule has 0 atom stereocenters. The SMILES string of the molecule is FC(F)(F)c1ccc(Br)c(CNCCCNC2CC2)c1. The largest absolute Gasteiger partial charge is 0.416 e. The van der Waals surface area contributed by atoms with Crippen LogP contribution in [0.15, 0.2) is 22.7 Å². The molecule has 0 aliphatic heterocycles. The molecule has 1 fully saturated rings. The molecule has 20 heavy (non-hydrogen) atoms. The zero-order valence-electron chi connectivity index (χ0n) is 11.1. The van der Waals surface area contributed by atoms with Crippen LogP contribution >= 0.6 is 15.9 Å². The lowest BCUT2D eigenvalue weighted by atomic mass is 10.1. The molecule has 0 radical (unpaired) electrons. The third-order valence-electron chi connectivity index (χ3n) is 3.23. The predicted molar refractivity (Wildman–Crippen MR) is 76.5 cm³/mol. The van der Waals surface area contributed by atoms with E-state index in [2.05, 4.69) is 26.6 Å². The third kappa shape index (κ3) is 5.07. The summed E-state index contributed by atoms with van der Waals surface area (Å²) in [6.07, 6.45) is -0.772. The van der Waals surface area contributed by atoms with Crippen molar-refractivity contribution in [3.05, 3.63) is 33.8 Å². The van der Waals surface area contributed by atoms with Crippen molar-refractivity contribution in [2.75, 3.05) is 13.1 Å². The molecule has 6 heteroatoms. The van der Waals surface area contributed by atoms with Gasteiger partial charge < -0.3 is 10.6 Å². The minimum absolute atomic E-state index is 0.438. The fourth-order valence-electron chi connectivity index (χ4n) is 1.92. The van der Waals surface area contributed by atoms with Gasteiger partial charge >= 0.3 is 6.18 Å². The minimum Gasteiger partial charge on any atom is -0.314 e. The summed E-state index contributed by atoms with van der Waals surface area (Å²) in [5, 5.41) is 6.58. The van der Waals surface area contributed by atoms with Gasteiger partial charge in [0.25, 0.3) is 0 Å².